The van der Waals surface area contributed by atoms with Gasteiger partial charge < -0.3 is 5.32 Å². The molecule has 150 valence electrons. The fourth-order valence-electron chi connectivity index (χ4n) is 3.27. The van der Waals surface area contributed by atoms with E-state index in [0.29, 0.717) is 5.56 Å². The summed E-state index contributed by atoms with van der Waals surface area (Å²) in [5.74, 6) is -2.92. The third-order valence-electron chi connectivity index (χ3n) is 4.70. The molecule has 0 aromatic heterocycles. The molecule has 1 aliphatic rings. The van der Waals surface area contributed by atoms with Crippen LogP contribution < -0.4 is 5.32 Å². The van der Waals surface area contributed by atoms with Crippen LogP contribution >= 0.6 is 0 Å². The van der Waals surface area contributed by atoms with Gasteiger partial charge in [-0.2, -0.15) is 0 Å². The van der Waals surface area contributed by atoms with E-state index in [1.165, 1.54) is 18.2 Å². The fraction of sp³-hybridized carbons (Fsp3) is 0.0455. The molecule has 3 aromatic carbocycles. The molecular formula is C22H14FNO5S. The Labute approximate surface area is 171 Å². The summed E-state index contributed by atoms with van der Waals surface area (Å²) in [5.41, 5.74) is 1.14. The molecule has 0 saturated heterocycles. The largest absolute Gasteiger partial charge is 0.325 e. The summed E-state index contributed by atoms with van der Waals surface area (Å²) in [6.07, 6.45) is 0. The van der Waals surface area contributed by atoms with E-state index in [1.807, 2.05) is 0 Å². The average molecular weight is 423 g/mol. The van der Waals surface area contributed by atoms with Crippen LogP contribution in [0.2, 0.25) is 0 Å². The van der Waals surface area contributed by atoms with E-state index in [2.05, 4.69) is 5.32 Å². The normalized spacial score (nSPS) is 12.8. The molecule has 3 aromatic rings. The molecule has 1 amide bonds. The molecule has 0 heterocycles. The molecule has 0 radical (unpaired) electrons. The number of anilines is 1. The second-order valence-corrected chi connectivity index (χ2v) is 8.71. The van der Waals surface area contributed by atoms with Gasteiger partial charge in [0.05, 0.1) is 4.90 Å². The van der Waals surface area contributed by atoms with Crippen molar-refractivity contribution >= 4 is 33.0 Å². The van der Waals surface area contributed by atoms with Crippen LogP contribution in [0.4, 0.5) is 10.1 Å². The first kappa shape index (κ1) is 19.7. The number of rotatable bonds is 4. The number of nitrogens with one attached hydrogen (secondary N) is 1. The van der Waals surface area contributed by atoms with Gasteiger partial charge in [0, 0.05) is 27.9 Å². The summed E-state index contributed by atoms with van der Waals surface area (Å²) >= 11 is 0. The number of amides is 1. The highest BCUT2D eigenvalue weighted by molar-refractivity contribution is 7.92. The number of carbonyl (C=O) groups is 3. The Bertz CT molecular complexity index is 1310. The van der Waals surface area contributed by atoms with Gasteiger partial charge in [-0.1, -0.05) is 24.3 Å². The summed E-state index contributed by atoms with van der Waals surface area (Å²) in [7, 11) is -3.97. The van der Waals surface area contributed by atoms with Gasteiger partial charge in [0.25, 0.3) is 0 Å². The molecule has 1 aliphatic carbocycles. The van der Waals surface area contributed by atoms with Crippen LogP contribution in [-0.4, -0.2) is 31.6 Å². The SMILES string of the molecule is O=C(CS(=O)(=O)c1ccc(F)cc1)Nc1ccc2c(c1)C(=O)c1ccccc1C2=O. The zero-order valence-corrected chi connectivity index (χ0v) is 16.2. The number of sulfone groups is 1. The Hall–Kier alpha value is -3.65. The average Bonchev–Trinajstić information content (AvgIpc) is 2.72. The Morgan fingerprint density at radius 2 is 1.37 bits per heavy atom. The number of ketones is 2. The summed E-state index contributed by atoms with van der Waals surface area (Å²) in [4.78, 5) is 37.4. The molecule has 8 heteroatoms. The summed E-state index contributed by atoms with van der Waals surface area (Å²) < 4.78 is 37.6. The lowest BCUT2D eigenvalue weighted by Crippen LogP contribution is -2.24. The topological polar surface area (TPSA) is 97.4 Å². The Kier molecular flexibility index (Phi) is 4.79. The van der Waals surface area contributed by atoms with Crippen LogP contribution in [0.25, 0.3) is 0 Å². The van der Waals surface area contributed by atoms with Gasteiger partial charge in [-0.15, -0.1) is 0 Å². The van der Waals surface area contributed by atoms with Gasteiger partial charge in [0.15, 0.2) is 21.4 Å². The number of fused-ring (bicyclic) bond motifs is 2. The number of halogens is 1. The van der Waals surface area contributed by atoms with Crippen molar-refractivity contribution in [3.63, 3.8) is 0 Å². The maximum Gasteiger partial charge on any atom is 0.239 e. The summed E-state index contributed by atoms with van der Waals surface area (Å²) in [5, 5.41) is 2.43. The van der Waals surface area contributed by atoms with Crippen LogP contribution in [0.5, 0.6) is 0 Å². The predicted octanol–water partition coefficient (Wildman–Crippen LogP) is 3.01. The quantitative estimate of drug-likeness (QED) is 0.509. The van der Waals surface area contributed by atoms with Crippen molar-refractivity contribution in [3.05, 3.63) is 94.8 Å². The zero-order chi connectivity index (χ0) is 21.5. The Balaban J connectivity index is 1.56. The minimum Gasteiger partial charge on any atom is -0.325 e. The van der Waals surface area contributed by atoms with E-state index >= 15 is 0 Å². The zero-order valence-electron chi connectivity index (χ0n) is 15.4. The van der Waals surface area contributed by atoms with Gasteiger partial charge in [-0.3, -0.25) is 14.4 Å². The minimum atomic E-state index is -3.97. The Morgan fingerprint density at radius 1 is 0.800 bits per heavy atom. The Morgan fingerprint density at radius 3 is 2.00 bits per heavy atom. The second kappa shape index (κ2) is 7.31. The molecule has 0 atom stereocenters. The molecule has 0 aliphatic heterocycles. The molecule has 30 heavy (non-hydrogen) atoms. The molecule has 1 N–H and O–H groups in total. The van der Waals surface area contributed by atoms with Crippen LogP contribution in [-0.2, 0) is 14.6 Å². The van der Waals surface area contributed by atoms with E-state index in [0.717, 1.165) is 24.3 Å². The van der Waals surface area contributed by atoms with E-state index in [1.54, 1.807) is 24.3 Å². The van der Waals surface area contributed by atoms with Crippen LogP contribution in [0.1, 0.15) is 31.8 Å². The first-order valence-electron chi connectivity index (χ1n) is 8.87. The summed E-state index contributed by atoms with van der Waals surface area (Å²) in [6, 6.07) is 14.8. The van der Waals surface area contributed by atoms with Gasteiger partial charge in [-0.25, -0.2) is 12.8 Å². The van der Waals surface area contributed by atoms with Crippen LogP contribution in [0.15, 0.2) is 71.6 Å². The van der Waals surface area contributed by atoms with Crippen molar-refractivity contribution in [1.29, 1.82) is 0 Å². The van der Waals surface area contributed by atoms with Gasteiger partial charge in [0.1, 0.15) is 11.6 Å². The molecule has 0 saturated carbocycles. The van der Waals surface area contributed by atoms with E-state index in [9.17, 15) is 27.2 Å². The summed E-state index contributed by atoms with van der Waals surface area (Å²) in [6.45, 7) is 0. The van der Waals surface area contributed by atoms with E-state index < -0.39 is 27.3 Å². The molecule has 4 rings (SSSR count). The van der Waals surface area contributed by atoms with Crippen molar-refractivity contribution in [3.8, 4) is 0 Å². The lowest BCUT2D eigenvalue weighted by molar-refractivity contribution is -0.113. The fourth-order valence-corrected chi connectivity index (χ4v) is 4.41. The highest BCUT2D eigenvalue weighted by atomic mass is 32.2. The molecular weight excluding hydrogens is 409 g/mol. The maximum atomic E-state index is 13.0. The highest BCUT2D eigenvalue weighted by Crippen LogP contribution is 2.29. The van der Waals surface area contributed by atoms with Crippen LogP contribution in [0.3, 0.4) is 0 Å². The molecule has 0 bridgehead atoms. The monoisotopic (exact) mass is 423 g/mol. The number of benzene rings is 3. The molecule has 0 unspecified atom stereocenters. The molecule has 0 fully saturated rings. The van der Waals surface area contributed by atoms with Gasteiger partial charge in [-0.05, 0) is 42.5 Å². The first-order valence-corrected chi connectivity index (χ1v) is 10.5. The van der Waals surface area contributed by atoms with Gasteiger partial charge >= 0.3 is 0 Å². The van der Waals surface area contributed by atoms with Crippen LogP contribution in [0, 0.1) is 5.82 Å². The lowest BCUT2D eigenvalue weighted by Gasteiger charge is -2.18. The first-order chi connectivity index (χ1) is 14.3. The minimum absolute atomic E-state index is 0.137. The number of hydrogen-bond donors (Lipinski definition) is 1. The molecule has 0 spiro atoms. The van der Waals surface area contributed by atoms with Crippen molar-refractivity contribution in [2.24, 2.45) is 0 Å². The van der Waals surface area contributed by atoms with Crippen molar-refractivity contribution in [1.82, 2.24) is 0 Å². The smallest absolute Gasteiger partial charge is 0.239 e. The van der Waals surface area contributed by atoms with Crippen molar-refractivity contribution in [2.75, 3.05) is 11.1 Å². The third kappa shape index (κ3) is 3.53. The standard InChI is InChI=1S/C22H14FNO5S/c23-13-5-8-15(9-6-13)30(28,29)12-20(25)24-14-7-10-18-19(11-14)22(27)17-4-2-1-3-16(17)21(18)26/h1-11H,12H2,(H,24,25). The van der Waals surface area contributed by atoms with E-state index in [-0.39, 0.29) is 38.8 Å². The van der Waals surface area contributed by atoms with Gasteiger partial charge in [0.2, 0.25) is 5.91 Å². The maximum absolute atomic E-state index is 13.0. The lowest BCUT2D eigenvalue weighted by atomic mass is 9.84. The third-order valence-corrected chi connectivity index (χ3v) is 6.34. The highest BCUT2D eigenvalue weighted by Gasteiger charge is 2.29. The van der Waals surface area contributed by atoms with Crippen molar-refractivity contribution in [2.45, 2.75) is 4.90 Å². The number of hydrogen-bond acceptors (Lipinski definition) is 5. The molecule has 6 nitrogen and oxygen atoms in total. The number of carbonyl (C=O) groups excluding carboxylic acids is 3. The predicted molar refractivity (Wildman–Crippen MR) is 107 cm³/mol. The second-order valence-electron chi connectivity index (χ2n) is 6.73. The van der Waals surface area contributed by atoms with Crippen molar-refractivity contribution < 1.29 is 27.2 Å². The van der Waals surface area contributed by atoms with E-state index in [4.69, 9.17) is 0 Å².